The molecule has 1 heterocycles. The van der Waals surface area contributed by atoms with Crippen molar-refractivity contribution in [2.75, 3.05) is 22.5 Å². The van der Waals surface area contributed by atoms with Crippen LogP contribution in [0.2, 0.25) is 0 Å². The lowest BCUT2D eigenvalue weighted by atomic mass is 10.1. The molecule has 2 aromatic carbocycles. The van der Waals surface area contributed by atoms with Crippen LogP contribution in [0.5, 0.6) is 0 Å². The summed E-state index contributed by atoms with van der Waals surface area (Å²) in [6.45, 7) is 0.980. The predicted molar refractivity (Wildman–Crippen MR) is 107 cm³/mol. The normalized spacial score (nSPS) is 15.6. The van der Waals surface area contributed by atoms with Gasteiger partial charge in [-0.3, -0.25) is 4.79 Å². The van der Waals surface area contributed by atoms with Crippen LogP contribution in [0.15, 0.2) is 54.6 Å². The van der Waals surface area contributed by atoms with Gasteiger partial charge in [-0.15, -0.1) is 12.4 Å². The van der Waals surface area contributed by atoms with E-state index in [0.29, 0.717) is 23.5 Å². The monoisotopic (exact) mass is 374 g/mol. The molecule has 3 rings (SSSR count). The number of carbonyl (C=O) groups is 2. The van der Waals surface area contributed by atoms with E-state index in [4.69, 9.17) is 0 Å². The number of nitrogens with one attached hydrogen (secondary N) is 4. The molecule has 4 N–H and O–H groups in total. The van der Waals surface area contributed by atoms with Crippen LogP contribution in [0.4, 0.5) is 21.9 Å². The van der Waals surface area contributed by atoms with E-state index in [2.05, 4.69) is 21.3 Å². The Morgan fingerprint density at radius 3 is 2.27 bits per heavy atom. The van der Waals surface area contributed by atoms with Crippen LogP contribution >= 0.6 is 12.4 Å². The molecule has 1 aliphatic heterocycles. The lowest BCUT2D eigenvalue weighted by Gasteiger charge is -2.12. The Labute approximate surface area is 159 Å². The largest absolute Gasteiger partial charge is 0.326 e. The first-order valence-corrected chi connectivity index (χ1v) is 8.45. The van der Waals surface area contributed by atoms with Gasteiger partial charge in [-0.2, -0.15) is 0 Å². The number of hydrogen-bond donors (Lipinski definition) is 4. The smallest absolute Gasteiger partial charge is 0.323 e. The molecule has 1 atom stereocenters. The van der Waals surface area contributed by atoms with Gasteiger partial charge in [0.15, 0.2) is 0 Å². The Kier molecular flexibility index (Phi) is 7.44. The molecule has 0 saturated carbocycles. The number of urea groups is 1. The number of para-hydroxylation sites is 1. The second-order valence-electron chi connectivity index (χ2n) is 6.07. The van der Waals surface area contributed by atoms with Gasteiger partial charge >= 0.3 is 6.03 Å². The van der Waals surface area contributed by atoms with Crippen molar-refractivity contribution in [3.8, 4) is 0 Å². The lowest BCUT2D eigenvalue weighted by molar-refractivity contribution is -0.116. The summed E-state index contributed by atoms with van der Waals surface area (Å²) in [5.74, 6) is -0.0229. The number of anilines is 3. The molecule has 138 valence electrons. The molecular weight excluding hydrogens is 352 g/mol. The zero-order valence-electron chi connectivity index (χ0n) is 14.3. The molecule has 1 fully saturated rings. The van der Waals surface area contributed by atoms with Crippen LogP contribution in [0.1, 0.15) is 19.3 Å². The number of hydrogen-bond acceptors (Lipinski definition) is 3. The highest BCUT2D eigenvalue weighted by molar-refractivity contribution is 6.00. The average molecular weight is 375 g/mol. The summed E-state index contributed by atoms with van der Waals surface area (Å²) in [6, 6.07) is 16.3. The molecule has 3 amide bonds. The number of rotatable bonds is 5. The lowest BCUT2D eigenvalue weighted by Crippen LogP contribution is -2.27. The molecule has 0 spiro atoms. The minimum atomic E-state index is -0.329. The van der Waals surface area contributed by atoms with Crippen LogP contribution in [-0.2, 0) is 4.79 Å². The first-order valence-electron chi connectivity index (χ1n) is 8.45. The summed E-state index contributed by atoms with van der Waals surface area (Å²) in [7, 11) is 0. The predicted octanol–water partition coefficient (Wildman–Crippen LogP) is 3.83. The van der Waals surface area contributed by atoms with E-state index in [9.17, 15) is 9.59 Å². The third-order valence-electron chi connectivity index (χ3n) is 4.03. The van der Waals surface area contributed by atoms with E-state index < -0.39 is 0 Å². The fraction of sp³-hybridized carbons (Fsp3) is 0.263. The van der Waals surface area contributed by atoms with Gasteiger partial charge in [0.1, 0.15) is 0 Å². The van der Waals surface area contributed by atoms with E-state index in [-0.39, 0.29) is 30.4 Å². The van der Waals surface area contributed by atoms with Crippen LogP contribution in [-0.4, -0.2) is 24.5 Å². The number of benzene rings is 2. The molecule has 0 bridgehead atoms. The quantitative estimate of drug-likeness (QED) is 0.641. The van der Waals surface area contributed by atoms with Crippen molar-refractivity contribution in [1.82, 2.24) is 5.32 Å². The summed E-state index contributed by atoms with van der Waals surface area (Å²) in [4.78, 5) is 24.1. The second kappa shape index (κ2) is 9.79. The summed E-state index contributed by atoms with van der Waals surface area (Å²) in [5, 5.41) is 11.7. The number of amides is 3. The zero-order valence-corrected chi connectivity index (χ0v) is 15.1. The highest BCUT2D eigenvalue weighted by atomic mass is 35.5. The maximum absolute atomic E-state index is 12.1. The van der Waals surface area contributed by atoms with E-state index in [1.54, 1.807) is 24.3 Å². The Hall–Kier alpha value is -2.57. The molecule has 26 heavy (non-hydrogen) atoms. The topological polar surface area (TPSA) is 82.3 Å². The van der Waals surface area contributed by atoms with Crippen molar-refractivity contribution in [2.24, 2.45) is 0 Å². The van der Waals surface area contributed by atoms with Crippen molar-refractivity contribution < 1.29 is 9.59 Å². The summed E-state index contributed by atoms with van der Waals surface area (Å²) >= 11 is 0. The SMILES string of the molecule is Cl.O=C(CC1CCCN1)Nc1cccc(NC(=O)Nc2ccccc2)c1. The van der Waals surface area contributed by atoms with Gasteiger partial charge in [0.2, 0.25) is 5.91 Å². The molecule has 1 saturated heterocycles. The van der Waals surface area contributed by atoms with Gasteiger partial charge in [-0.1, -0.05) is 24.3 Å². The zero-order chi connectivity index (χ0) is 17.5. The first kappa shape index (κ1) is 19.8. The number of carbonyl (C=O) groups excluding carboxylic acids is 2. The molecule has 0 radical (unpaired) electrons. The van der Waals surface area contributed by atoms with Gasteiger partial charge in [0.05, 0.1) is 0 Å². The van der Waals surface area contributed by atoms with Crippen LogP contribution in [0, 0.1) is 0 Å². The molecule has 0 aromatic heterocycles. The van der Waals surface area contributed by atoms with E-state index in [1.807, 2.05) is 30.3 Å². The van der Waals surface area contributed by atoms with Crippen molar-refractivity contribution in [3.05, 3.63) is 54.6 Å². The molecule has 7 heteroatoms. The van der Waals surface area contributed by atoms with Crippen molar-refractivity contribution in [1.29, 1.82) is 0 Å². The average Bonchev–Trinajstić information content (AvgIpc) is 3.08. The van der Waals surface area contributed by atoms with E-state index >= 15 is 0 Å². The molecular formula is C19H23ClN4O2. The van der Waals surface area contributed by atoms with Gasteiger partial charge in [-0.25, -0.2) is 4.79 Å². The second-order valence-corrected chi connectivity index (χ2v) is 6.07. The molecule has 1 aliphatic rings. The molecule has 6 nitrogen and oxygen atoms in total. The van der Waals surface area contributed by atoms with Crippen molar-refractivity contribution >= 4 is 41.4 Å². The third-order valence-corrected chi connectivity index (χ3v) is 4.03. The summed E-state index contributed by atoms with van der Waals surface area (Å²) in [5.41, 5.74) is 2.00. The highest BCUT2D eigenvalue weighted by Gasteiger charge is 2.17. The summed E-state index contributed by atoms with van der Waals surface area (Å²) < 4.78 is 0. The van der Waals surface area contributed by atoms with Crippen LogP contribution in [0.25, 0.3) is 0 Å². The minimum Gasteiger partial charge on any atom is -0.326 e. The standard InChI is InChI=1S/C19H22N4O2.ClH/c24-18(13-15-10-5-11-20-15)21-16-8-4-9-17(12-16)23-19(25)22-14-6-2-1-3-7-14;/h1-4,6-9,12,15,20H,5,10-11,13H2,(H,21,24)(H2,22,23,25);1H. The number of halogens is 1. The van der Waals surface area contributed by atoms with E-state index in [1.165, 1.54) is 0 Å². The van der Waals surface area contributed by atoms with Gasteiger partial charge in [-0.05, 0) is 49.7 Å². The van der Waals surface area contributed by atoms with Crippen molar-refractivity contribution in [3.63, 3.8) is 0 Å². The fourth-order valence-electron chi connectivity index (χ4n) is 2.86. The minimum absolute atomic E-state index is 0. The van der Waals surface area contributed by atoms with Gasteiger partial charge in [0, 0.05) is 29.5 Å². The van der Waals surface area contributed by atoms with Gasteiger partial charge < -0.3 is 21.3 Å². The Morgan fingerprint density at radius 2 is 1.58 bits per heavy atom. The van der Waals surface area contributed by atoms with Gasteiger partial charge in [0.25, 0.3) is 0 Å². The highest BCUT2D eigenvalue weighted by Crippen LogP contribution is 2.17. The maximum atomic E-state index is 12.1. The Bertz CT molecular complexity index is 733. The fourth-order valence-corrected chi connectivity index (χ4v) is 2.86. The van der Waals surface area contributed by atoms with E-state index in [0.717, 1.165) is 19.4 Å². The Morgan fingerprint density at radius 1 is 0.923 bits per heavy atom. The van der Waals surface area contributed by atoms with Crippen LogP contribution < -0.4 is 21.3 Å². The first-order chi connectivity index (χ1) is 12.2. The van der Waals surface area contributed by atoms with Crippen LogP contribution in [0.3, 0.4) is 0 Å². The summed E-state index contributed by atoms with van der Waals surface area (Å²) in [6.07, 6.45) is 2.62. The molecule has 1 unspecified atom stereocenters. The third kappa shape index (κ3) is 6.06. The maximum Gasteiger partial charge on any atom is 0.323 e. The molecule has 0 aliphatic carbocycles. The molecule has 2 aromatic rings. The van der Waals surface area contributed by atoms with Crippen molar-refractivity contribution in [2.45, 2.75) is 25.3 Å². The Balaban J connectivity index is 0.00000243.